The van der Waals surface area contributed by atoms with Gasteiger partial charge in [0.25, 0.3) is 0 Å². The van der Waals surface area contributed by atoms with Gasteiger partial charge in [-0.25, -0.2) is 13.2 Å². The molecule has 1 N–H and O–H groups in total. The molecule has 1 aromatic carbocycles. The van der Waals surface area contributed by atoms with E-state index in [0.29, 0.717) is 19.2 Å². The molecule has 0 aromatic heterocycles. The Hall–Kier alpha value is -1.07. The predicted octanol–water partition coefficient (Wildman–Crippen LogP) is 1.92. The first-order chi connectivity index (χ1) is 7.58. The largest absolute Gasteiger partial charge is 0.395 e. The average Bonchev–Trinajstić information content (AvgIpc) is 2.25. The number of nitrogens with zero attached hydrogens (tertiary/aromatic N) is 1. The van der Waals surface area contributed by atoms with E-state index >= 15 is 0 Å². The highest BCUT2D eigenvalue weighted by atomic mass is 19.2. The zero-order valence-electron chi connectivity index (χ0n) is 9.01. The third-order valence-electron chi connectivity index (χ3n) is 2.35. The number of hydrogen-bond donors (Lipinski definition) is 1. The third kappa shape index (κ3) is 3.21. The van der Waals surface area contributed by atoms with Crippen LogP contribution in [0.4, 0.5) is 13.2 Å². The van der Waals surface area contributed by atoms with E-state index < -0.39 is 17.5 Å². The maximum atomic E-state index is 13.3. The molecule has 0 fully saturated rings. The minimum absolute atomic E-state index is 0.0564. The molecule has 0 heterocycles. The fourth-order valence-electron chi connectivity index (χ4n) is 1.42. The lowest BCUT2D eigenvalue weighted by Crippen LogP contribution is -2.26. The summed E-state index contributed by atoms with van der Waals surface area (Å²) in [6, 6.07) is 1.39. The fraction of sp³-hybridized carbons (Fsp3) is 0.455. The first-order valence-corrected chi connectivity index (χ1v) is 5.05. The monoisotopic (exact) mass is 233 g/mol. The quantitative estimate of drug-likeness (QED) is 0.785. The van der Waals surface area contributed by atoms with Crippen LogP contribution in [0.1, 0.15) is 12.5 Å². The molecule has 16 heavy (non-hydrogen) atoms. The van der Waals surface area contributed by atoms with Crippen molar-refractivity contribution in [2.45, 2.75) is 13.5 Å². The number of benzene rings is 1. The lowest BCUT2D eigenvalue weighted by atomic mass is 10.2. The Labute approximate surface area is 92.3 Å². The first-order valence-electron chi connectivity index (χ1n) is 5.05. The topological polar surface area (TPSA) is 23.5 Å². The lowest BCUT2D eigenvalue weighted by molar-refractivity contribution is 0.195. The Balaban J connectivity index is 2.83. The molecule has 1 rings (SSSR count). The summed E-state index contributed by atoms with van der Waals surface area (Å²) in [5, 5.41) is 8.74. The maximum absolute atomic E-state index is 13.3. The minimum Gasteiger partial charge on any atom is -0.395 e. The van der Waals surface area contributed by atoms with Crippen LogP contribution in [0, 0.1) is 17.5 Å². The van der Waals surface area contributed by atoms with Crippen molar-refractivity contribution in [1.29, 1.82) is 0 Å². The van der Waals surface area contributed by atoms with Gasteiger partial charge in [0.15, 0.2) is 11.6 Å². The minimum atomic E-state index is -1.19. The second-order valence-electron chi connectivity index (χ2n) is 3.45. The Kier molecular flexibility index (Phi) is 4.76. The van der Waals surface area contributed by atoms with Gasteiger partial charge in [0.1, 0.15) is 5.82 Å². The van der Waals surface area contributed by atoms with Crippen molar-refractivity contribution in [3.63, 3.8) is 0 Å². The number of aliphatic hydroxyl groups excluding tert-OH is 1. The van der Waals surface area contributed by atoms with Crippen molar-refractivity contribution in [3.05, 3.63) is 35.1 Å². The van der Waals surface area contributed by atoms with Gasteiger partial charge in [-0.3, -0.25) is 4.90 Å². The molecular formula is C11H14F3NO. The Morgan fingerprint density at radius 2 is 1.75 bits per heavy atom. The van der Waals surface area contributed by atoms with Gasteiger partial charge in [-0.15, -0.1) is 0 Å². The summed E-state index contributed by atoms with van der Waals surface area (Å²) >= 11 is 0. The molecular weight excluding hydrogens is 219 g/mol. The van der Waals surface area contributed by atoms with E-state index in [9.17, 15) is 13.2 Å². The molecule has 0 saturated heterocycles. The molecule has 90 valence electrons. The summed E-state index contributed by atoms with van der Waals surface area (Å²) in [5.41, 5.74) is 0.0919. The van der Waals surface area contributed by atoms with Crippen LogP contribution in [0.2, 0.25) is 0 Å². The van der Waals surface area contributed by atoms with E-state index in [2.05, 4.69) is 0 Å². The van der Waals surface area contributed by atoms with Gasteiger partial charge in [-0.05, 0) is 12.6 Å². The smallest absolute Gasteiger partial charge is 0.161 e. The molecule has 1 aromatic rings. The van der Waals surface area contributed by atoms with Crippen LogP contribution >= 0.6 is 0 Å². The Bertz CT molecular complexity index is 357. The van der Waals surface area contributed by atoms with Gasteiger partial charge in [0, 0.05) is 24.7 Å². The summed E-state index contributed by atoms with van der Waals surface area (Å²) in [6.45, 7) is 2.90. The molecule has 0 saturated carbocycles. The van der Waals surface area contributed by atoms with E-state index in [4.69, 9.17) is 5.11 Å². The van der Waals surface area contributed by atoms with E-state index in [1.54, 1.807) is 4.90 Å². The first kappa shape index (κ1) is 13.0. The normalized spacial score (nSPS) is 11.1. The molecule has 2 nitrogen and oxygen atoms in total. The van der Waals surface area contributed by atoms with E-state index in [1.807, 2.05) is 6.92 Å². The van der Waals surface area contributed by atoms with E-state index in [1.165, 1.54) is 0 Å². The van der Waals surface area contributed by atoms with Gasteiger partial charge < -0.3 is 5.11 Å². The van der Waals surface area contributed by atoms with Crippen LogP contribution in [0.5, 0.6) is 0 Å². The summed E-state index contributed by atoms with van der Waals surface area (Å²) in [7, 11) is 0. The molecule has 0 aliphatic heterocycles. The Morgan fingerprint density at radius 3 is 2.31 bits per heavy atom. The second kappa shape index (κ2) is 5.86. The summed E-state index contributed by atoms with van der Waals surface area (Å²) in [5.74, 6) is -3.02. The van der Waals surface area contributed by atoms with Gasteiger partial charge in [-0.1, -0.05) is 6.92 Å². The fourth-order valence-corrected chi connectivity index (χ4v) is 1.42. The standard InChI is InChI=1S/C11H14F3NO/c1-2-15(3-4-16)7-8-5-10(13)11(14)6-9(8)12/h5-6,16H,2-4,7H2,1H3. The molecule has 5 heteroatoms. The summed E-state index contributed by atoms with van der Waals surface area (Å²) < 4.78 is 38.8. The van der Waals surface area contributed by atoms with Crippen molar-refractivity contribution >= 4 is 0 Å². The highest BCUT2D eigenvalue weighted by Crippen LogP contribution is 2.15. The van der Waals surface area contributed by atoms with Gasteiger partial charge >= 0.3 is 0 Å². The maximum Gasteiger partial charge on any atom is 0.161 e. The van der Waals surface area contributed by atoms with Crippen LogP contribution in [-0.4, -0.2) is 29.7 Å². The van der Waals surface area contributed by atoms with Gasteiger partial charge in [0.05, 0.1) is 6.61 Å². The molecule has 0 amide bonds. The predicted molar refractivity (Wildman–Crippen MR) is 54.4 cm³/mol. The van der Waals surface area contributed by atoms with E-state index in [0.717, 1.165) is 6.07 Å². The molecule has 0 aliphatic carbocycles. The van der Waals surface area contributed by atoms with Gasteiger partial charge in [0.2, 0.25) is 0 Å². The number of likely N-dealkylation sites (N-methyl/N-ethyl adjacent to an activating group) is 1. The number of aliphatic hydroxyl groups is 1. The van der Waals surface area contributed by atoms with Crippen LogP contribution in [0.3, 0.4) is 0 Å². The molecule has 0 atom stereocenters. The summed E-state index contributed by atoms with van der Waals surface area (Å²) in [6.07, 6.45) is 0. The molecule has 0 radical (unpaired) electrons. The van der Waals surface area contributed by atoms with E-state index in [-0.39, 0.29) is 18.7 Å². The lowest BCUT2D eigenvalue weighted by Gasteiger charge is -2.19. The van der Waals surface area contributed by atoms with Crippen LogP contribution in [-0.2, 0) is 6.54 Å². The van der Waals surface area contributed by atoms with Crippen LogP contribution in [0.15, 0.2) is 12.1 Å². The van der Waals surface area contributed by atoms with Crippen LogP contribution in [0.25, 0.3) is 0 Å². The molecule has 0 spiro atoms. The second-order valence-corrected chi connectivity index (χ2v) is 3.45. The van der Waals surface area contributed by atoms with Crippen molar-refractivity contribution in [1.82, 2.24) is 4.90 Å². The van der Waals surface area contributed by atoms with Crippen molar-refractivity contribution < 1.29 is 18.3 Å². The number of halogens is 3. The third-order valence-corrected chi connectivity index (χ3v) is 2.35. The SMILES string of the molecule is CCN(CCO)Cc1cc(F)c(F)cc1F. The number of rotatable bonds is 5. The number of hydrogen-bond acceptors (Lipinski definition) is 2. The molecule has 0 unspecified atom stereocenters. The van der Waals surface area contributed by atoms with Crippen molar-refractivity contribution in [2.75, 3.05) is 19.7 Å². The van der Waals surface area contributed by atoms with Crippen molar-refractivity contribution in [2.24, 2.45) is 0 Å². The zero-order valence-corrected chi connectivity index (χ0v) is 9.01. The van der Waals surface area contributed by atoms with Crippen molar-refractivity contribution in [3.8, 4) is 0 Å². The summed E-state index contributed by atoms with van der Waals surface area (Å²) in [4.78, 5) is 1.73. The highest BCUT2D eigenvalue weighted by Gasteiger charge is 2.12. The zero-order chi connectivity index (χ0) is 12.1. The van der Waals surface area contributed by atoms with Crippen LogP contribution < -0.4 is 0 Å². The highest BCUT2D eigenvalue weighted by molar-refractivity contribution is 5.20. The molecule has 0 aliphatic rings. The Morgan fingerprint density at radius 1 is 1.12 bits per heavy atom. The molecule has 0 bridgehead atoms. The average molecular weight is 233 g/mol. The van der Waals surface area contributed by atoms with Gasteiger partial charge in [-0.2, -0.15) is 0 Å².